The molecule has 0 aromatic heterocycles. The number of amides is 3. The Balaban J connectivity index is 1.77. The van der Waals surface area contributed by atoms with Gasteiger partial charge in [-0.3, -0.25) is 19.3 Å². The van der Waals surface area contributed by atoms with Crippen LogP contribution in [-0.4, -0.2) is 28.7 Å². The average Bonchev–Trinajstić information content (AvgIpc) is 2.82. The quantitative estimate of drug-likeness (QED) is 0.686. The molecule has 0 radical (unpaired) electrons. The van der Waals surface area contributed by atoms with Crippen LogP contribution in [-0.2, 0) is 14.4 Å². The zero-order valence-corrected chi connectivity index (χ0v) is 14.2. The average molecular weight is 326 g/mol. The Bertz CT molecular complexity index is 712. The van der Waals surface area contributed by atoms with Gasteiger partial charge in [0.15, 0.2) is 0 Å². The number of nitrogens with one attached hydrogen (secondary N) is 1. The molecular weight excluding hydrogens is 304 g/mol. The predicted molar refractivity (Wildman–Crippen MR) is 91.2 cm³/mol. The maximum Gasteiger partial charge on any atom is 0.247 e. The zero-order chi connectivity index (χ0) is 17.4. The topological polar surface area (TPSA) is 66.5 Å². The highest BCUT2D eigenvalue weighted by Crippen LogP contribution is 2.36. The van der Waals surface area contributed by atoms with Crippen LogP contribution in [0.3, 0.4) is 0 Å². The lowest BCUT2D eigenvalue weighted by Gasteiger charge is -2.23. The van der Waals surface area contributed by atoms with Crippen LogP contribution in [0.1, 0.15) is 30.9 Å². The van der Waals surface area contributed by atoms with Gasteiger partial charge >= 0.3 is 0 Å². The fourth-order valence-electron chi connectivity index (χ4n) is 3.43. The summed E-state index contributed by atoms with van der Waals surface area (Å²) in [5, 5.41) is 2.85. The second kappa shape index (κ2) is 6.23. The van der Waals surface area contributed by atoms with Crippen LogP contribution in [0, 0.1) is 25.7 Å². The first-order chi connectivity index (χ1) is 11.4. The third kappa shape index (κ3) is 2.75. The number of carbonyl (C=O) groups is 3. The van der Waals surface area contributed by atoms with Crippen molar-refractivity contribution in [2.45, 2.75) is 39.7 Å². The van der Waals surface area contributed by atoms with E-state index in [-0.39, 0.29) is 29.6 Å². The Kier molecular flexibility index (Phi) is 4.26. The number of hydrogen-bond donors (Lipinski definition) is 1. The van der Waals surface area contributed by atoms with Crippen molar-refractivity contribution in [3.05, 3.63) is 41.5 Å². The Morgan fingerprint density at radius 1 is 1.12 bits per heavy atom. The van der Waals surface area contributed by atoms with Crippen LogP contribution < -0.4 is 5.32 Å². The van der Waals surface area contributed by atoms with E-state index in [1.165, 1.54) is 0 Å². The van der Waals surface area contributed by atoms with E-state index in [9.17, 15) is 14.4 Å². The number of imide groups is 1. The fraction of sp³-hybridized carbons (Fsp3) is 0.421. The number of anilines is 1. The molecule has 126 valence electrons. The van der Waals surface area contributed by atoms with Gasteiger partial charge in [-0.2, -0.15) is 0 Å². The minimum Gasteiger partial charge on any atom is -0.324 e. The molecule has 1 aromatic rings. The van der Waals surface area contributed by atoms with Crippen LogP contribution >= 0.6 is 0 Å². The maximum absolute atomic E-state index is 12.6. The van der Waals surface area contributed by atoms with Crippen LogP contribution in [0.25, 0.3) is 0 Å². The highest BCUT2D eigenvalue weighted by atomic mass is 16.2. The number of aryl methyl sites for hydroxylation is 2. The summed E-state index contributed by atoms with van der Waals surface area (Å²) >= 11 is 0. The van der Waals surface area contributed by atoms with E-state index in [1.54, 1.807) is 6.92 Å². The summed E-state index contributed by atoms with van der Waals surface area (Å²) in [5.41, 5.74) is 2.69. The van der Waals surface area contributed by atoms with Gasteiger partial charge in [-0.1, -0.05) is 24.3 Å². The third-order valence-corrected chi connectivity index (χ3v) is 4.96. The van der Waals surface area contributed by atoms with Crippen molar-refractivity contribution in [3.8, 4) is 0 Å². The molecule has 1 heterocycles. The van der Waals surface area contributed by atoms with Crippen molar-refractivity contribution in [2.24, 2.45) is 11.8 Å². The molecule has 5 nitrogen and oxygen atoms in total. The van der Waals surface area contributed by atoms with Gasteiger partial charge in [0.2, 0.25) is 17.7 Å². The first-order valence-electron chi connectivity index (χ1n) is 8.30. The van der Waals surface area contributed by atoms with Gasteiger partial charge < -0.3 is 5.32 Å². The zero-order valence-electron chi connectivity index (χ0n) is 14.2. The second-order valence-electron chi connectivity index (χ2n) is 6.69. The number of likely N-dealkylation sites (tertiary alicyclic amines) is 1. The Labute approximate surface area is 141 Å². The number of nitrogens with zero attached hydrogens (tertiary/aromatic N) is 1. The first-order valence-corrected chi connectivity index (χ1v) is 8.30. The molecule has 1 aromatic carbocycles. The van der Waals surface area contributed by atoms with E-state index >= 15 is 0 Å². The summed E-state index contributed by atoms with van der Waals surface area (Å²) in [6, 6.07) is 4.98. The van der Waals surface area contributed by atoms with E-state index in [4.69, 9.17) is 0 Å². The summed E-state index contributed by atoms with van der Waals surface area (Å²) in [7, 11) is 0. The molecule has 0 bridgehead atoms. The van der Waals surface area contributed by atoms with Gasteiger partial charge in [0.05, 0.1) is 11.8 Å². The van der Waals surface area contributed by atoms with Crippen molar-refractivity contribution < 1.29 is 14.4 Å². The molecule has 1 aliphatic heterocycles. The van der Waals surface area contributed by atoms with Crippen LogP contribution in [0.15, 0.2) is 30.4 Å². The predicted octanol–water partition coefficient (Wildman–Crippen LogP) is 2.58. The molecule has 1 fully saturated rings. The van der Waals surface area contributed by atoms with E-state index in [2.05, 4.69) is 5.32 Å². The third-order valence-electron chi connectivity index (χ3n) is 4.96. The fourth-order valence-corrected chi connectivity index (χ4v) is 3.43. The first kappa shape index (κ1) is 16.4. The molecule has 1 saturated heterocycles. The minimum absolute atomic E-state index is 0.224. The summed E-state index contributed by atoms with van der Waals surface area (Å²) in [4.78, 5) is 38.9. The van der Waals surface area contributed by atoms with Crippen molar-refractivity contribution in [1.82, 2.24) is 4.90 Å². The molecular formula is C19H22N2O3. The summed E-state index contributed by atoms with van der Waals surface area (Å²) in [6.45, 7) is 5.47. The van der Waals surface area contributed by atoms with Crippen LogP contribution in [0.2, 0.25) is 0 Å². The van der Waals surface area contributed by atoms with Crippen molar-refractivity contribution in [3.63, 3.8) is 0 Å². The Morgan fingerprint density at radius 3 is 2.29 bits per heavy atom. The number of carbonyl (C=O) groups excluding carboxylic acids is 3. The molecule has 2 aliphatic rings. The molecule has 0 saturated carbocycles. The number of fused-ring (bicyclic) bond motifs is 1. The molecule has 24 heavy (non-hydrogen) atoms. The molecule has 0 spiro atoms. The number of benzene rings is 1. The maximum atomic E-state index is 12.6. The van der Waals surface area contributed by atoms with Gasteiger partial charge in [0, 0.05) is 5.69 Å². The monoisotopic (exact) mass is 326 g/mol. The summed E-state index contributed by atoms with van der Waals surface area (Å²) < 4.78 is 0. The Hall–Kier alpha value is -2.43. The van der Waals surface area contributed by atoms with E-state index < -0.39 is 6.04 Å². The summed E-state index contributed by atoms with van der Waals surface area (Å²) in [5.74, 6) is -1.40. The lowest BCUT2D eigenvalue weighted by Crippen LogP contribution is -2.46. The molecule has 5 heteroatoms. The van der Waals surface area contributed by atoms with Crippen LogP contribution in [0.5, 0.6) is 0 Å². The normalized spacial score (nSPS) is 24.0. The second-order valence-corrected chi connectivity index (χ2v) is 6.69. The molecule has 3 amide bonds. The van der Waals surface area contributed by atoms with E-state index in [0.717, 1.165) is 16.0 Å². The smallest absolute Gasteiger partial charge is 0.247 e. The number of hydrogen-bond acceptors (Lipinski definition) is 3. The SMILES string of the molecule is Cc1ccc(C)c(NC(=O)[C@H](C)N2C(=O)[C@@H]3CC=CC[C@H]3C2=O)c1. The molecule has 1 aliphatic carbocycles. The Morgan fingerprint density at radius 2 is 1.71 bits per heavy atom. The van der Waals surface area contributed by atoms with Gasteiger partial charge in [0.1, 0.15) is 6.04 Å². The van der Waals surface area contributed by atoms with Gasteiger partial charge in [-0.15, -0.1) is 0 Å². The van der Waals surface area contributed by atoms with Gasteiger partial charge in [-0.25, -0.2) is 0 Å². The minimum atomic E-state index is -0.810. The molecule has 3 atom stereocenters. The lowest BCUT2D eigenvalue weighted by molar-refractivity contribution is -0.146. The lowest BCUT2D eigenvalue weighted by atomic mass is 9.85. The number of allylic oxidation sites excluding steroid dienone is 2. The highest BCUT2D eigenvalue weighted by Gasteiger charge is 2.50. The van der Waals surface area contributed by atoms with Crippen molar-refractivity contribution >= 4 is 23.4 Å². The molecule has 3 rings (SSSR count). The summed E-state index contributed by atoms with van der Waals surface area (Å²) in [6.07, 6.45) is 5.04. The molecule has 1 N–H and O–H groups in total. The van der Waals surface area contributed by atoms with Gasteiger partial charge in [0.25, 0.3) is 0 Å². The van der Waals surface area contributed by atoms with E-state index in [0.29, 0.717) is 18.5 Å². The van der Waals surface area contributed by atoms with E-state index in [1.807, 2.05) is 44.2 Å². The number of rotatable bonds is 3. The van der Waals surface area contributed by atoms with Crippen LogP contribution in [0.4, 0.5) is 5.69 Å². The van der Waals surface area contributed by atoms with Crippen molar-refractivity contribution in [1.29, 1.82) is 0 Å². The standard InChI is InChI=1S/C19H22N2O3/c1-11-8-9-12(2)16(10-11)20-17(22)13(3)21-18(23)14-6-4-5-7-15(14)19(21)24/h4-5,8-10,13-15H,6-7H2,1-3H3,(H,20,22)/t13-,14+,15+/m0/s1. The van der Waals surface area contributed by atoms with Gasteiger partial charge in [-0.05, 0) is 50.8 Å². The highest BCUT2D eigenvalue weighted by molar-refractivity contribution is 6.10. The molecule has 0 unspecified atom stereocenters. The largest absolute Gasteiger partial charge is 0.324 e. The van der Waals surface area contributed by atoms with Crippen molar-refractivity contribution in [2.75, 3.05) is 5.32 Å².